The van der Waals surface area contributed by atoms with Gasteiger partial charge in [0.1, 0.15) is 5.78 Å². The Bertz CT molecular complexity index is 514. The maximum atomic E-state index is 12.4. The summed E-state index contributed by atoms with van der Waals surface area (Å²) in [6.45, 7) is 4.69. The van der Waals surface area contributed by atoms with Gasteiger partial charge in [-0.2, -0.15) is 0 Å². The van der Waals surface area contributed by atoms with Gasteiger partial charge in [-0.1, -0.05) is 25.5 Å². The monoisotopic (exact) mass is 515 g/mol. The molecule has 3 heteroatoms. The van der Waals surface area contributed by atoms with E-state index in [1.807, 2.05) is 0 Å². The molecule has 4 unspecified atom stereocenters. The van der Waals surface area contributed by atoms with Crippen LogP contribution in [-0.2, 0) is 4.79 Å². The molecule has 6 atom stereocenters. The molecule has 1 N–H and O–H groups in total. The molecule has 4 aliphatic rings. The van der Waals surface area contributed by atoms with Crippen LogP contribution in [0.3, 0.4) is 0 Å². The first-order valence-corrected chi connectivity index (χ1v) is 8.86. The third kappa shape index (κ3) is 2.36. The largest absolute Gasteiger partial charge is 0.393 e. The zero-order chi connectivity index (χ0) is 14.8. The van der Waals surface area contributed by atoms with Crippen molar-refractivity contribution in [2.24, 2.45) is 28.6 Å². The smallest absolute Gasteiger partial charge is 0.139 e. The number of Topliss-reactive ketones (excluding diaryl/α,β-unsaturated/α-hetero) is 1. The number of hydrogen-bond acceptors (Lipinski definition) is 2. The number of aliphatic hydroxyl groups excluding tert-OH is 1. The topological polar surface area (TPSA) is 37.3 Å². The summed E-state index contributed by atoms with van der Waals surface area (Å²) in [5.74, 6) is 2.60. The van der Waals surface area contributed by atoms with E-state index in [2.05, 4.69) is 19.9 Å². The molecular formula is C19H28AcO2. The Kier molecular flexibility index (Phi) is 4.78. The summed E-state index contributed by atoms with van der Waals surface area (Å²) in [7, 11) is 0. The van der Waals surface area contributed by atoms with E-state index in [0.717, 1.165) is 50.9 Å². The van der Waals surface area contributed by atoms with E-state index in [1.54, 1.807) is 0 Å². The molecule has 0 aromatic carbocycles. The molecule has 0 bridgehead atoms. The van der Waals surface area contributed by atoms with Crippen LogP contribution in [-0.4, -0.2) is 17.0 Å². The minimum absolute atomic E-state index is 0. The Balaban J connectivity index is 0.00000144. The summed E-state index contributed by atoms with van der Waals surface area (Å²) in [6.07, 6.45) is 10.7. The molecule has 0 aromatic heterocycles. The van der Waals surface area contributed by atoms with Gasteiger partial charge in [0.05, 0.1) is 6.10 Å². The van der Waals surface area contributed by atoms with Crippen LogP contribution in [0.2, 0.25) is 0 Å². The van der Waals surface area contributed by atoms with Gasteiger partial charge in [-0.3, -0.25) is 4.79 Å². The zero-order valence-corrected chi connectivity index (χ0v) is 18.7. The van der Waals surface area contributed by atoms with Crippen LogP contribution in [0.25, 0.3) is 0 Å². The number of carbonyl (C=O) groups is 1. The van der Waals surface area contributed by atoms with Crippen molar-refractivity contribution in [3.8, 4) is 0 Å². The Morgan fingerprint density at radius 2 is 1.77 bits per heavy atom. The molecule has 0 amide bonds. The van der Waals surface area contributed by atoms with Crippen molar-refractivity contribution in [2.45, 2.75) is 71.3 Å². The third-order valence-electron chi connectivity index (χ3n) is 7.79. The van der Waals surface area contributed by atoms with Gasteiger partial charge in [0.25, 0.3) is 0 Å². The van der Waals surface area contributed by atoms with Gasteiger partial charge in [0.15, 0.2) is 0 Å². The van der Waals surface area contributed by atoms with Crippen LogP contribution < -0.4 is 0 Å². The van der Waals surface area contributed by atoms with E-state index in [4.69, 9.17) is 0 Å². The molecule has 0 spiro atoms. The molecule has 0 heterocycles. The van der Waals surface area contributed by atoms with Gasteiger partial charge in [0.2, 0.25) is 0 Å². The molecule has 0 aliphatic heterocycles. The summed E-state index contributed by atoms with van der Waals surface area (Å²) < 4.78 is 0. The maximum Gasteiger partial charge on any atom is 0.139 e. The molecule has 4 aliphatic carbocycles. The van der Waals surface area contributed by atoms with Crippen LogP contribution in [0.1, 0.15) is 65.2 Å². The first-order valence-electron chi connectivity index (χ1n) is 8.86. The molecule has 119 valence electrons. The summed E-state index contributed by atoms with van der Waals surface area (Å²) >= 11 is 0. The van der Waals surface area contributed by atoms with E-state index < -0.39 is 0 Å². The molecular weight excluding hydrogens is 487 g/mol. The Morgan fingerprint density at radius 3 is 2.55 bits per heavy atom. The Labute approximate surface area is 170 Å². The van der Waals surface area contributed by atoms with E-state index in [1.165, 1.54) is 12.0 Å². The fraction of sp³-hybridized carbons (Fsp3) is 0.842. The number of fused-ring (bicyclic) bond motifs is 5. The Hall–Kier alpha value is 0.812. The molecule has 1 radical (unpaired) electrons. The second-order valence-electron chi connectivity index (χ2n) is 8.57. The average Bonchev–Trinajstić information content (AvgIpc) is 2.76. The summed E-state index contributed by atoms with van der Waals surface area (Å²) in [6, 6.07) is 0. The number of ketones is 1. The minimum atomic E-state index is -0.122. The maximum absolute atomic E-state index is 12.4. The predicted molar refractivity (Wildman–Crippen MR) is 82.7 cm³/mol. The van der Waals surface area contributed by atoms with E-state index in [0.29, 0.717) is 23.0 Å². The van der Waals surface area contributed by atoms with Crippen LogP contribution in [0, 0.1) is 72.6 Å². The fourth-order valence-corrected chi connectivity index (χ4v) is 6.41. The predicted octanol–water partition coefficient (Wildman–Crippen LogP) is 3.88. The SMILES string of the molecule is C[C@]12CCC(O)CC1=CCC1C2CC[C@]2(C)C(=O)CCC12.[Ac]. The van der Waals surface area contributed by atoms with Crippen molar-refractivity contribution in [3.63, 3.8) is 0 Å². The van der Waals surface area contributed by atoms with E-state index in [-0.39, 0.29) is 55.6 Å². The Morgan fingerprint density at radius 1 is 1.09 bits per heavy atom. The fourth-order valence-electron chi connectivity index (χ4n) is 6.41. The molecule has 4 rings (SSSR count). The third-order valence-corrected chi connectivity index (χ3v) is 7.79. The van der Waals surface area contributed by atoms with Crippen molar-refractivity contribution in [1.29, 1.82) is 0 Å². The van der Waals surface area contributed by atoms with Crippen molar-refractivity contribution < 1.29 is 54.0 Å². The standard InChI is InChI=1S/C19H28O2.Ac/c1-18-9-7-13(20)11-12(18)3-4-14-15-5-6-17(21)19(15,2)10-8-16(14)18;/h3,13-16,20H,4-11H2,1-2H3;/t13?,14?,15?,16?,18-,19-;/m0./s1. The number of aliphatic hydroxyl groups is 1. The van der Waals surface area contributed by atoms with E-state index >= 15 is 0 Å². The van der Waals surface area contributed by atoms with Gasteiger partial charge < -0.3 is 5.11 Å². The van der Waals surface area contributed by atoms with Gasteiger partial charge in [0, 0.05) is 55.9 Å². The number of rotatable bonds is 0. The second-order valence-corrected chi connectivity index (χ2v) is 8.57. The number of allylic oxidation sites excluding steroid dienone is 1. The molecule has 0 aromatic rings. The van der Waals surface area contributed by atoms with Crippen molar-refractivity contribution in [3.05, 3.63) is 11.6 Å². The van der Waals surface area contributed by atoms with Gasteiger partial charge >= 0.3 is 0 Å². The van der Waals surface area contributed by atoms with Crippen LogP contribution >= 0.6 is 0 Å². The van der Waals surface area contributed by atoms with Crippen LogP contribution in [0.5, 0.6) is 0 Å². The van der Waals surface area contributed by atoms with Crippen LogP contribution in [0.15, 0.2) is 11.6 Å². The molecule has 0 saturated heterocycles. The molecule has 2 nitrogen and oxygen atoms in total. The van der Waals surface area contributed by atoms with Crippen molar-refractivity contribution in [2.75, 3.05) is 0 Å². The molecule has 22 heavy (non-hydrogen) atoms. The second kappa shape index (κ2) is 5.96. The summed E-state index contributed by atoms with van der Waals surface area (Å²) in [5.41, 5.74) is 1.81. The zero-order valence-electron chi connectivity index (χ0n) is 14.0. The number of hydrogen-bond donors (Lipinski definition) is 1. The first kappa shape index (κ1) is 17.6. The first-order chi connectivity index (χ1) is 9.95. The molecule has 3 fully saturated rings. The minimum Gasteiger partial charge on any atom is -0.393 e. The van der Waals surface area contributed by atoms with Gasteiger partial charge in [-0.05, 0) is 68.1 Å². The van der Waals surface area contributed by atoms with Crippen molar-refractivity contribution >= 4 is 5.78 Å². The van der Waals surface area contributed by atoms with Gasteiger partial charge in [-0.25, -0.2) is 0 Å². The van der Waals surface area contributed by atoms with Crippen LogP contribution in [0.4, 0.5) is 0 Å². The average molecular weight is 515 g/mol. The van der Waals surface area contributed by atoms with Gasteiger partial charge in [-0.15, -0.1) is 0 Å². The normalized spacial score (nSPS) is 50.3. The van der Waals surface area contributed by atoms with Crippen molar-refractivity contribution in [1.82, 2.24) is 0 Å². The summed E-state index contributed by atoms with van der Waals surface area (Å²) in [5, 5.41) is 10.00. The quantitative estimate of drug-likeness (QED) is 0.498. The number of carbonyl (C=O) groups excluding carboxylic acids is 1. The summed E-state index contributed by atoms with van der Waals surface area (Å²) in [4.78, 5) is 12.4. The molecule has 3 saturated carbocycles. The van der Waals surface area contributed by atoms with E-state index in [9.17, 15) is 9.90 Å².